The van der Waals surface area contributed by atoms with Gasteiger partial charge in [0.1, 0.15) is 5.82 Å². The largest absolute Gasteiger partial charge is 0.359 e. The van der Waals surface area contributed by atoms with E-state index in [0.29, 0.717) is 13.0 Å². The molecule has 0 saturated carbocycles. The summed E-state index contributed by atoms with van der Waals surface area (Å²) in [6.07, 6.45) is 2.25. The Kier molecular flexibility index (Phi) is 6.73. The molecule has 6 heteroatoms. The minimum atomic E-state index is -0.253. The highest BCUT2D eigenvalue weighted by molar-refractivity contribution is 5.81. The third-order valence-corrected chi connectivity index (χ3v) is 4.70. The summed E-state index contributed by atoms with van der Waals surface area (Å²) in [5.74, 6) is -0.113. The minimum Gasteiger partial charge on any atom is -0.359 e. The van der Waals surface area contributed by atoms with Gasteiger partial charge in [0.15, 0.2) is 0 Å². The van der Waals surface area contributed by atoms with Crippen LogP contribution in [0, 0.1) is 11.7 Å². The number of rotatable bonds is 6. The Balaban J connectivity index is 1.72. The van der Waals surface area contributed by atoms with Crippen LogP contribution in [0.3, 0.4) is 0 Å². The molecule has 1 aliphatic heterocycles. The lowest BCUT2D eigenvalue weighted by Crippen LogP contribution is -2.49. The normalized spacial score (nSPS) is 17.3. The van der Waals surface area contributed by atoms with Gasteiger partial charge in [0, 0.05) is 19.5 Å². The lowest BCUT2D eigenvalue weighted by molar-refractivity contribution is -0.128. The van der Waals surface area contributed by atoms with E-state index in [1.807, 2.05) is 6.92 Å². The molecule has 1 atom stereocenters. The number of halogens is 1. The van der Waals surface area contributed by atoms with Crippen molar-refractivity contribution >= 4 is 11.8 Å². The van der Waals surface area contributed by atoms with Crippen LogP contribution in [0.25, 0.3) is 0 Å². The van der Waals surface area contributed by atoms with Crippen LogP contribution < -0.4 is 10.6 Å². The van der Waals surface area contributed by atoms with Crippen LogP contribution in [-0.2, 0) is 16.0 Å². The molecule has 0 aromatic heterocycles. The monoisotopic (exact) mass is 335 g/mol. The molecule has 1 saturated heterocycles. The van der Waals surface area contributed by atoms with Crippen molar-refractivity contribution in [2.45, 2.75) is 32.2 Å². The van der Waals surface area contributed by atoms with Gasteiger partial charge in [0.25, 0.3) is 0 Å². The van der Waals surface area contributed by atoms with E-state index in [4.69, 9.17) is 0 Å². The van der Waals surface area contributed by atoms with E-state index in [9.17, 15) is 14.0 Å². The second-order valence-electron chi connectivity index (χ2n) is 6.27. The van der Waals surface area contributed by atoms with Crippen molar-refractivity contribution in [3.05, 3.63) is 35.6 Å². The number of nitrogens with zero attached hydrogens (tertiary/aromatic N) is 1. The predicted octanol–water partition coefficient (Wildman–Crippen LogP) is 1.33. The third-order valence-electron chi connectivity index (χ3n) is 4.70. The van der Waals surface area contributed by atoms with Gasteiger partial charge in [-0.2, -0.15) is 0 Å². The zero-order valence-corrected chi connectivity index (χ0v) is 14.3. The number of hydrogen-bond donors (Lipinski definition) is 2. The van der Waals surface area contributed by atoms with Gasteiger partial charge in [0.05, 0.1) is 6.04 Å². The van der Waals surface area contributed by atoms with Crippen molar-refractivity contribution in [3.8, 4) is 0 Å². The van der Waals surface area contributed by atoms with Gasteiger partial charge in [0.2, 0.25) is 11.8 Å². The molecule has 0 bridgehead atoms. The Labute approximate surface area is 142 Å². The van der Waals surface area contributed by atoms with E-state index in [1.54, 1.807) is 19.2 Å². The van der Waals surface area contributed by atoms with Crippen molar-refractivity contribution < 1.29 is 14.0 Å². The molecule has 1 heterocycles. The van der Waals surface area contributed by atoms with Gasteiger partial charge in [-0.05, 0) is 57.0 Å². The first kappa shape index (κ1) is 18.4. The molecule has 2 N–H and O–H groups in total. The van der Waals surface area contributed by atoms with E-state index < -0.39 is 0 Å². The van der Waals surface area contributed by atoms with Crippen LogP contribution in [0.5, 0.6) is 0 Å². The fourth-order valence-corrected chi connectivity index (χ4v) is 3.05. The highest BCUT2D eigenvalue weighted by Gasteiger charge is 2.29. The van der Waals surface area contributed by atoms with Crippen LogP contribution >= 0.6 is 0 Å². The standard InChI is InChI=1S/C18H26FN3O2/c1-13(22-11-8-15(9-12-22)18(24)20-2)17(23)21-10-7-14-3-5-16(19)6-4-14/h3-6,13,15H,7-12H2,1-2H3,(H,20,24)(H,21,23)/t13-/m1/s1. The van der Waals surface area contributed by atoms with E-state index >= 15 is 0 Å². The van der Waals surface area contributed by atoms with Crippen molar-refractivity contribution in [2.24, 2.45) is 5.92 Å². The first-order chi connectivity index (χ1) is 11.5. The fourth-order valence-electron chi connectivity index (χ4n) is 3.05. The minimum absolute atomic E-state index is 0.00416. The number of benzene rings is 1. The van der Waals surface area contributed by atoms with Gasteiger partial charge in [-0.3, -0.25) is 14.5 Å². The van der Waals surface area contributed by atoms with E-state index in [-0.39, 0.29) is 29.6 Å². The average Bonchev–Trinajstić information content (AvgIpc) is 2.62. The summed E-state index contributed by atoms with van der Waals surface area (Å²) >= 11 is 0. The Morgan fingerprint density at radius 3 is 2.46 bits per heavy atom. The summed E-state index contributed by atoms with van der Waals surface area (Å²) in [6, 6.07) is 6.11. The molecule has 2 rings (SSSR count). The summed E-state index contributed by atoms with van der Waals surface area (Å²) in [6.45, 7) is 3.94. The lowest BCUT2D eigenvalue weighted by atomic mass is 9.95. The quantitative estimate of drug-likeness (QED) is 0.824. The summed E-state index contributed by atoms with van der Waals surface area (Å²) < 4.78 is 12.8. The van der Waals surface area contributed by atoms with E-state index in [0.717, 1.165) is 31.5 Å². The van der Waals surface area contributed by atoms with Gasteiger partial charge in [-0.1, -0.05) is 12.1 Å². The summed E-state index contributed by atoms with van der Waals surface area (Å²) in [5, 5.41) is 5.62. The molecule has 0 unspecified atom stereocenters. The molecule has 1 fully saturated rings. The average molecular weight is 335 g/mol. The number of hydrogen-bond acceptors (Lipinski definition) is 3. The number of nitrogens with one attached hydrogen (secondary N) is 2. The Bertz CT molecular complexity index is 554. The van der Waals surface area contributed by atoms with Crippen LogP contribution in [0.1, 0.15) is 25.3 Å². The lowest BCUT2D eigenvalue weighted by Gasteiger charge is -2.34. The molecule has 24 heavy (non-hydrogen) atoms. The maximum absolute atomic E-state index is 12.8. The maximum Gasteiger partial charge on any atom is 0.237 e. The maximum atomic E-state index is 12.8. The predicted molar refractivity (Wildman–Crippen MR) is 90.9 cm³/mol. The molecule has 132 valence electrons. The van der Waals surface area contributed by atoms with Gasteiger partial charge < -0.3 is 10.6 Å². The first-order valence-corrected chi connectivity index (χ1v) is 8.49. The molecule has 0 radical (unpaired) electrons. The smallest absolute Gasteiger partial charge is 0.237 e. The fraction of sp³-hybridized carbons (Fsp3) is 0.556. The SMILES string of the molecule is CNC(=O)C1CCN([C@H](C)C(=O)NCCc2ccc(F)cc2)CC1. The third kappa shape index (κ3) is 5.03. The van der Waals surface area contributed by atoms with Gasteiger partial charge in [-0.15, -0.1) is 0 Å². The van der Waals surface area contributed by atoms with Crippen LogP contribution in [0.2, 0.25) is 0 Å². The molecule has 0 spiro atoms. The number of carbonyl (C=O) groups is 2. The van der Waals surface area contributed by atoms with Crippen molar-refractivity contribution in [2.75, 3.05) is 26.7 Å². The molecule has 1 aromatic rings. The number of piperidine rings is 1. The van der Waals surface area contributed by atoms with E-state index in [1.165, 1.54) is 12.1 Å². The van der Waals surface area contributed by atoms with Crippen molar-refractivity contribution in [1.29, 1.82) is 0 Å². The molecule has 1 aromatic carbocycles. The second-order valence-corrected chi connectivity index (χ2v) is 6.27. The van der Waals surface area contributed by atoms with E-state index in [2.05, 4.69) is 15.5 Å². The van der Waals surface area contributed by atoms with Gasteiger partial charge in [-0.25, -0.2) is 4.39 Å². The summed E-state index contributed by atoms with van der Waals surface area (Å²) in [4.78, 5) is 26.0. The number of carbonyl (C=O) groups excluding carboxylic acids is 2. The number of likely N-dealkylation sites (tertiary alicyclic amines) is 1. The Morgan fingerprint density at radius 2 is 1.88 bits per heavy atom. The molecule has 2 amide bonds. The van der Waals surface area contributed by atoms with Crippen LogP contribution in [0.4, 0.5) is 4.39 Å². The molecular formula is C18H26FN3O2. The topological polar surface area (TPSA) is 61.4 Å². The zero-order chi connectivity index (χ0) is 17.5. The van der Waals surface area contributed by atoms with Gasteiger partial charge >= 0.3 is 0 Å². The molecular weight excluding hydrogens is 309 g/mol. The zero-order valence-electron chi connectivity index (χ0n) is 14.3. The summed E-state index contributed by atoms with van der Waals surface area (Å²) in [5.41, 5.74) is 0.996. The Morgan fingerprint density at radius 1 is 1.25 bits per heavy atom. The molecule has 5 nitrogen and oxygen atoms in total. The molecule has 1 aliphatic rings. The van der Waals surface area contributed by atoms with Crippen molar-refractivity contribution in [1.82, 2.24) is 15.5 Å². The highest BCUT2D eigenvalue weighted by Crippen LogP contribution is 2.19. The molecule has 0 aliphatic carbocycles. The highest BCUT2D eigenvalue weighted by atomic mass is 19.1. The Hall–Kier alpha value is -1.95. The van der Waals surface area contributed by atoms with Crippen molar-refractivity contribution in [3.63, 3.8) is 0 Å². The van der Waals surface area contributed by atoms with Crippen LogP contribution in [0.15, 0.2) is 24.3 Å². The first-order valence-electron chi connectivity index (χ1n) is 8.49. The summed E-state index contributed by atoms with van der Waals surface area (Å²) in [7, 11) is 1.66. The van der Waals surface area contributed by atoms with Crippen LogP contribution in [-0.4, -0.2) is 49.4 Å². The number of amides is 2. The second kappa shape index (κ2) is 8.78.